The third-order valence-corrected chi connectivity index (χ3v) is 3.52. The normalized spacial score (nSPS) is 10.9. The Bertz CT molecular complexity index is 554. The lowest BCUT2D eigenvalue weighted by Crippen LogP contribution is -2.28. The molecule has 2 aromatic heterocycles. The van der Waals surface area contributed by atoms with Gasteiger partial charge in [0.25, 0.3) is 0 Å². The molecule has 0 fully saturated rings. The van der Waals surface area contributed by atoms with Gasteiger partial charge >= 0.3 is 0 Å². The van der Waals surface area contributed by atoms with Crippen molar-refractivity contribution < 1.29 is 0 Å². The lowest BCUT2D eigenvalue weighted by atomic mass is 9.89. The van der Waals surface area contributed by atoms with Gasteiger partial charge in [0.15, 0.2) is 5.13 Å². The van der Waals surface area contributed by atoms with Crippen LogP contribution in [0.5, 0.6) is 0 Å². The van der Waals surface area contributed by atoms with E-state index in [0.29, 0.717) is 4.88 Å². The quantitative estimate of drug-likeness (QED) is 0.916. The Morgan fingerprint density at radius 1 is 1.39 bits per heavy atom. The molecule has 1 N–H and O–H groups in total. The SMILES string of the molecule is CC(C)(CNc1ncc(C#N)s1)c1ccccn1. The molecule has 0 aliphatic rings. The number of rotatable bonds is 4. The average Bonchev–Trinajstić information content (AvgIpc) is 2.86. The zero-order valence-corrected chi connectivity index (χ0v) is 11.2. The van der Waals surface area contributed by atoms with Crippen molar-refractivity contribution in [3.8, 4) is 6.07 Å². The predicted octanol–water partition coefficient (Wildman–Crippen LogP) is 2.80. The van der Waals surface area contributed by atoms with Crippen LogP contribution in [0.3, 0.4) is 0 Å². The third kappa shape index (κ3) is 2.84. The maximum atomic E-state index is 8.74. The molecule has 0 unspecified atom stereocenters. The lowest BCUT2D eigenvalue weighted by Gasteiger charge is -2.24. The molecule has 2 aromatic rings. The van der Waals surface area contributed by atoms with Crippen LogP contribution in [0.2, 0.25) is 0 Å². The van der Waals surface area contributed by atoms with Crippen LogP contribution in [0.4, 0.5) is 5.13 Å². The topological polar surface area (TPSA) is 61.6 Å². The molecule has 0 aliphatic heterocycles. The van der Waals surface area contributed by atoms with E-state index in [1.807, 2.05) is 18.2 Å². The Morgan fingerprint density at radius 3 is 2.83 bits per heavy atom. The first kappa shape index (κ1) is 12.5. The van der Waals surface area contributed by atoms with Gasteiger partial charge in [-0.1, -0.05) is 31.3 Å². The average molecular weight is 258 g/mol. The van der Waals surface area contributed by atoms with Crippen LogP contribution in [0.1, 0.15) is 24.4 Å². The molecule has 18 heavy (non-hydrogen) atoms. The summed E-state index contributed by atoms with van der Waals surface area (Å²) in [7, 11) is 0. The fraction of sp³-hybridized carbons (Fsp3) is 0.308. The molecule has 0 aliphatic carbocycles. The fourth-order valence-electron chi connectivity index (χ4n) is 1.56. The number of nitriles is 1. The van der Waals surface area contributed by atoms with Crippen molar-refractivity contribution in [2.24, 2.45) is 0 Å². The number of nitrogens with zero attached hydrogens (tertiary/aromatic N) is 3. The van der Waals surface area contributed by atoms with E-state index >= 15 is 0 Å². The van der Waals surface area contributed by atoms with Gasteiger partial charge < -0.3 is 5.32 Å². The van der Waals surface area contributed by atoms with Crippen molar-refractivity contribution in [1.82, 2.24) is 9.97 Å². The first-order valence-corrected chi connectivity index (χ1v) is 6.45. The number of pyridine rings is 1. The Kier molecular flexibility index (Phi) is 3.58. The minimum atomic E-state index is -0.0836. The lowest BCUT2D eigenvalue weighted by molar-refractivity contribution is 0.538. The molecule has 0 aromatic carbocycles. The zero-order chi connectivity index (χ0) is 13.0. The van der Waals surface area contributed by atoms with E-state index in [1.54, 1.807) is 12.4 Å². The smallest absolute Gasteiger partial charge is 0.183 e. The highest BCUT2D eigenvalue weighted by molar-refractivity contribution is 7.16. The van der Waals surface area contributed by atoms with Crippen LogP contribution < -0.4 is 5.32 Å². The second-order valence-electron chi connectivity index (χ2n) is 4.59. The van der Waals surface area contributed by atoms with E-state index in [1.165, 1.54) is 11.3 Å². The summed E-state index contributed by atoms with van der Waals surface area (Å²) in [5.74, 6) is 0. The molecule has 0 bridgehead atoms. The van der Waals surface area contributed by atoms with Crippen LogP contribution in [-0.4, -0.2) is 16.5 Å². The van der Waals surface area contributed by atoms with Crippen molar-refractivity contribution in [1.29, 1.82) is 5.26 Å². The molecule has 2 rings (SSSR count). The summed E-state index contributed by atoms with van der Waals surface area (Å²) in [5.41, 5.74) is 0.953. The summed E-state index contributed by atoms with van der Waals surface area (Å²) in [4.78, 5) is 9.14. The zero-order valence-electron chi connectivity index (χ0n) is 10.3. The van der Waals surface area contributed by atoms with Gasteiger partial charge in [0, 0.05) is 23.9 Å². The Morgan fingerprint density at radius 2 is 2.22 bits per heavy atom. The summed E-state index contributed by atoms with van der Waals surface area (Å²) in [5, 5.41) is 12.8. The summed E-state index contributed by atoms with van der Waals surface area (Å²) < 4.78 is 0. The molecule has 4 nitrogen and oxygen atoms in total. The molecule has 0 atom stereocenters. The number of anilines is 1. The van der Waals surface area contributed by atoms with Crippen LogP contribution in [0.25, 0.3) is 0 Å². The van der Waals surface area contributed by atoms with E-state index in [0.717, 1.165) is 17.4 Å². The highest BCUT2D eigenvalue weighted by Crippen LogP contribution is 2.23. The van der Waals surface area contributed by atoms with E-state index in [9.17, 15) is 0 Å². The Labute approximate surface area is 110 Å². The predicted molar refractivity (Wildman–Crippen MR) is 72.6 cm³/mol. The maximum Gasteiger partial charge on any atom is 0.183 e. The molecule has 0 radical (unpaired) electrons. The monoisotopic (exact) mass is 258 g/mol. The number of hydrogen-bond acceptors (Lipinski definition) is 5. The van der Waals surface area contributed by atoms with Gasteiger partial charge in [0.1, 0.15) is 10.9 Å². The number of nitrogens with one attached hydrogen (secondary N) is 1. The third-order valence-electron chi connectivity index (χ3n) is 2.66. The molecular formula is C13H14N4S. The van der Waals surface area contributed by atoms with Gasteiger partial charge in [-0.25, -0.2) is 4.98 Å². The molecule has 92 valence electrons. The molecule has 0 amide bonds. The minimum Gasteiger partial charge on any atom is -0.361 e. The maximum absolute atomic E-state index is 8.74. The molecule has 0 saturated heterocycles. The number of hydrogen-bond donors (Lipinski definition) is 1. The standard InChI is InChI=1S/C13H14N4S/c1-13(2,11-5-3-4-6-15-11)9-17-12-16-8-10(7-14)18-12/h3-6,8H,9H2,1-2H3,(H,16,17). The van der Waals surface area contributed by atoms with Crippen LogP contribution in [-0.2, 0) is 5.41 Å². The molecular weight excluding hydrogens is 244 g/mol. The van der Waals surface area contributed by atoms with Crippen LogP contribution in [0.15, 0.2) is 30.6 Å². The Balaban J connectivity index is 2.03. The molecule has 5 heteroatoms. The van der Waals surface area contributed by atoms with Gasteiger partial charge in [-0.05, 0) is 12.1 Å². The first-order valence-electron chi connectivity index (χ1n) is 5.63. The summed E-state index contributed by atoms with van der Waals surface area (Å²) >= 11 is 1.37. The van der Waals surface area contributed by atoms with Crippen LogP contribution >= 0.6 is 11.3 Å². The summed E-state index contributed by atoms with van der Waals surface area (Å²) in [6.45, 7) is 4.98. The first-order chi connectivity index (χ1) is 8.62. The number of thiazole rings is 1. The summed E-state index contributed by atoms with van der Waals surface area (Å²) in [6, 6.07) is 8.00. The van der Waals surface area contributed by atoms with Crippen molar-refractivity contribution in [3.63, 3.8) is 0 Å². The van der Waals surface area contributed by atoms with Gasteiger partial charge in [-0.2, -0.15) is 5.26 Å². The molecule has 0 spiro atoms. The minimum absolute atomic E-state index is 0.0836. The van der Waals surface area contributed by atoms with Gasteiger partial charge in [0.05, 0.1) is 6.20 Å². The van der Waals surface area contributed by atoms with Gasteiger partial charge in [-0.3, -0.25) is 4.98 Å². The van der Waals surface area contributed by atoms with Crippen molar-refractivity contribution >= 4 is 16.5 Å². The molecule has 0 saturated carbocycles. The second-order valence-corrected chi connectivity index (χ2v) is 5.62. The van der Waals surface area contributed by atoms with Crippen molar-refractivity contribution in [2.75, 3.05) is 11.9 Å². The van der Waals surface area contributed by atoms with Crippen molar-refractivity contribution in [2.45, 2.75) is 19.3 Å². The van der Waals surface area contributed by atoms with Crippen molar-refractivity contribution in [3.05, 3.63) is 41.2 Å². The van der Waals surface area contributed by atoms with Gasteiger partial charge in [0.2, 0.25) is 0 Å². The number of aromatic nitrogens is 2. The van der Waals surface area contributed by atoms with E-state index in [-0.39, 0.29) is 5.41 Å². The fourth-order valence-corrected chi connectivity index (χ4v) is 2.17. The van der Waals surface area contributed by atoms with Gasteiger partial charge in [-0.15, -0.1) is 0 Å². The van der Waals surface area contributed by atoms with E-state index in [4.69, 9.17) is 5.26 Å². The Hall–Kier alpha value is -1.93. The molecule has 2 heterocycles. The second kappa shape index (κ2) is 5.15. The highest BCUT2D eigenvalue weighted by Gasteiger charge is 2.22. The summed E-state index contributed by atoms with van der Waals surface area (Å²) in [6.07, 6.45) is 3.38. The highest BCUT2D eigenvalue weighted by atomic mass is 32.1. The van der Waals surface area contributed by atoms with Crippen LogP contribution in [0, 0.1) is 11.3 Å². The van der Waals surface area contributed by atoms with E-state index < -0.39 is 0 Å². The van der Waals surface area contributed by atoms with E-state index in [2.05, 4.69) is 35.2 Å². The largest absolute Gasteiger partial charge is 0.361 e.